The summed E-state index contributed by atoms with van der Waals surface area (Å²) in [6.45, 7) is 10.4. The normalized spacial score (nSPS) is 17.8. The second-order valence-electron chi connectivity index (χ2n) is 7.58. The van der Waals surface area contributed by atoms with E-state index in [1.807, 2.05) is 37.3 Å². The van der Waals surface area contributed by atoms with Gasteiger partial charge in [-0.2, -0.15) is 0 Å². The largest absolute Gasteiger partial charge is 0.371 e. The predicted octanol–water partition coefficient (Wildman–Crippen LogP) is 5.69. The molecule has 1 amide bonds. The van der Waals surface area contributed by atoms with Gasteiger partial charge < -0.3 is 10.2 Å². The molecule has 148 valence electrons. The van der Waals surface area contributed by atoms with Crippen LogP contribution in [0, 0.1) is 5.92 Å². The Hall–Kier alpha value is -2.20. The van der Waals surface area contributed by atoms with Gasteiger partial charge in [-0.25, -0.2) is 0 Å². The molecule has 2 aromatic carbocycles. The number of carbonyl (C=O) groups excluding carboxylic acids is 1. The minimum absolute atomic E-state index is 0.0337. The second kappa shape index (κ2) is 9.83. The number of nitrogens with zero attached hydrogens (tertiary/aromatic N) is 1. The number of piperidine rings is 1. The molecule has 1 aliphatic heterocycles. The zero-order chi connectivity index (χ0) is 19.9. The quantitative estimate of drug-likeness (QED) is 0.483. The fourth-order valence-corrected chi connectivity index (χ4v) is 4.47. The average molecular weight is 395 g/mol. The van der Waals surface area contributed by atoms with Crippen molar-refractivity contribution < 1.29 is 4.79 Å². The second-order valence-corrected chi connectivity index (χ2v) is 8.64. The molecular weight excluding hydrogens is 364 g/mol. The van der Waals surface area contributed by atoms with E-state index in [-0.39, 0.29) is 11.9 Å². The third-order valence-electron chi connectivity index (χ3n) is 5.25. The Morgan fingerprint density at radius 3 is 2.75 bits per heavy atom. The molecule has 4 heteroatoms. The van der Waals surface area contributed by atoms with Crippen LogP contribution in [0.25, 0.3) is 0 Å². The van der Waals surface area contributed by atoms with Crippen molar-refractivity contribution >= 4 is 23.4 Å². The zero-order valence-corrected chi connectivity index (χ0v) is 17.7. The molecule has 3 nitrogen and oxygen atoms in total. The van der Waals surface area contributed by atoms with Gasteiger partial charge in [0.1, 0.15) is 0 Å². The predicted molar refractivity (Wildman–Crippen MR) is 120 cm³/mol. The average Bonchev–Trinajstić information content (AvgIpc) is 2.72. The third-order valence-corrected chi connectivity index (χ3v) is 6.32. The first-order valence-electron chi connectivity index (χ1n) is 10.1. The first-order valence-corrected chi connectivity index (χ1v) is 11.1. The molecule has 0 radical (unpaired) electrons. The molecule has 1 fully saturated rings. The number of carbonyl (C=O) groups is 1. The van der Waals surface area contributed by atoms with Crippen molar-refractivity contribution in [3.8, 4) is 0 Å². The van der Waals surface area contributed by atoms with Gasteiger partial charge in [0.15, 0.2) is 0 Å². The molecule has 1 saturated heterocycles. The van der Waals surface area contributed by atoms with E-state index in [1.165, 1.54) is 18.5 Å². The number of rotatable bonds is 7. The fraction of sp³-hybridized carbons (Fsp3) is 0.375. The van der Waals surface area contributed by atoms with Crippen molar-refractivity contribution in [2.45, 2.75) is 37.6 Å². The number of thioether (sulfide) groups is 1. The van der Waals surface area contributed by atoms with Crippen LogP contribution in [0.1, 0.15) is 48.7 Å². The Labute approximate surface area is 173 Å². The topological polar surface area (TPSA) is 32.3 Å². The summed E-state index contributed by atoms with van der Waals surface area (Å²) in [5.74, 6) is 1.51. The Morgan fingerprint density at radius 2 is 2.04 bits per heavy atom. The number of hydrogen-bond donors (Lipinski definition) is 1. The highest BCUT2D eigenvalue weighted by Crippen LogP contribution is 2.26. The highest BCUT2D eigenvalue weighted by atomic mass is 32.2. The minimum Gasteiger partial charge on any atom is -0.371 e. The van der Waals surface area contributed by atoms with Crippen LogP contribution in [0.5, 0.6) is 0 Å². The first-order chi connectivity index (χ1) is 13.6. The molecule has 1 N–H and O–H groups in total. The monoisotopic (exact) mass is 394 g/mol. The van der Waals surface area contributed by atoms with Crippen molar-refractivity contribution in [3.05, 3.63) is 72.3 Å². The molecule has 0 aromatic heterocycles. The van der Waals surface area contributed by atoms with Crippen LogP contribution >= 0.6 is 11.8 Å². The lowest BCUT2D eigenvalue weighted by Gasteiger charge is -2.33. The molecule has 0 aliphatic carbocycles. The van der Waals surface area contributed by atoms with Gasteiger partial charge >= 0.3 is 0 Å². The van der Waals surface area contributed by atoms with Crippen LogP contribution in [-0.4, -0.2) is 24.7 Å². The van der Waals surface area contributed by atoms with Gasteiger partial charge in [0.25, 0.3) is 5.91 Å². The summed E-state index contributed by atoms with van der Waals surface area (Å²) in [6, 6.07) is 16.3. The molecule has 2 atom stereocenters. The van der Waals surface area contributed by atoms with E-state index in [2.05, 4.69) is 48.0 Å². The van der Waals surface area contributed by atoms with Crippen LogP contribution in [0.4, 0.5) is 5.69 Å². The first kappa shape index (κ1) is 20.5. The Morgan fingerprint density at radius 1 is 1.29 bits per heavy atom. The van der Waals surface area contributed by atoms with E-state index < -0.39 is 0 Å². The van der Waals surface area contributed by atoms with Gasteiger partial charge in [0, 0.05) is 29.4 Å². The van der Waals surface area contributed by atoms with E-state index >= 15 is 0 Å². The minimum atomic E-state index is -0.0423. The van der Waals surface area contributed by atoms with Crippen molar-refractivity contribution in [1.82, 2.24) is 5.32 Å². The Bertz CT molecular complexity index is 803. The summed E-state index contributed by atoms with van der Waals surface area (Å²) in [5.41, 5.74) is 3.12. The third kappa shape index (κ3) is 5.20. The molecule has 0 bridgehead atoms. The van der Waals surface area contributed by atoms with Gasteiger partial charge in [0.2, 0.25) is 0 Å². The summed E-state index contributed by atoms with van der Waals surface area (Å²) in [7, 11) is 0. The smallest absolute Gasteiger partial charge is 0.252 e. The highest BCUT2D eigenvalue weighted by molar-refractivity contribution is 7.99. The summed E-state index contributed by atoms with van der Waals surface area (Å²) in [6.07, 6.45) is 4.44. The van der Waals surface area contributed by atoms with Gasteiger partial charge in [-0.15, -0.1) is 18.3 Å². The molecular formula is C24H30N2OS. The number of anilines is 1. The lowest BCUT2D eigenvalue weighted by atomic mass is 9.99. The molecule has 1 heterocycles. The number of amides is 1. The van der Waals surface area contributed by atoms with E-state index in [4.69, 9.17) is 0 Å². The maximum Gasteiger partial charge on any atom is 0.252 e. The fourth-order valence-electron chi connectivity index (χ4n) is 3.68. The van der Waals surface area contributed by atoms with Gasteiger partial charge in [-0.1, -0.05) is 37.3 Å². The van der Waals surface area contributed by atoms with Crippen molar-refractivity contribution in [3.63, 3.8) is 0 Å². The van der Waals surface area contributed by atoms with Crippen LogP contribution in [-0.2, 0) is 0 Å². The standard InChI is InChI=1S/C24H30N2OS/c1-4-16-28-23-10-6-5-9-22(23)24(27)25-19(3)20-11-13-21(14-12-20)26-15-7-8-18(2)17-26/h4-6,9-14,18-19H,1,7-8,15-17H2,2-3H3,(H,25,27)/t18-,19+/m0/s1. The molecule has 3 rings (SSSR count). The molecule has 2 aromatic rings. The van der Waals surface area contributed by atoms with Crippen LogP contribution in [0.15, 0.2) is 66.1 Å². The summed E-state index contributed by atoms with van der Waals surface area (Å²) >= 11 is 1.63. The number of benzene rings is 2. The van der Waals surface area contributed by atoms with Crippen LogP contribution < -0.4 is 10.2 Å². The van der Waals surface area contributed by atoms with Gasteiger partial charge in [0.05, 0.1) is 11.6 Å². The molecule has 28 heavy (non-hydrogen) atoms. The Kier molecular flexibility index (Phi) is 7.21. The highest BCUT2D eigenvalue weighted by Gasteiger charge is 2.18. The van der Waals surface area contributed by atoms with E-state index in [0.29, 0.717) is 0 Å². The van der Waals surface area contributed by atoms with E-state index in [1.54, 1.807) is 11.8 Å². The zero-order valence-electron chi connectivity index (χ0n) is 16.9. The molecule has 0 unspecified atom stereocenters. The van der Waals surface area contributed by atoms with Crippen LogP contribution in [0.3, 0.4) is 0 Å². The summed E-state index contributed by atoms with van der Waals surface area (Å²) in [5, 5.41) is 3.14. The summed E-state index contributed by atoms with van der Waals surface area (Å²) < 4.78 is 0. The van der Waals surface area contributed by atoms with E-state index in [9.17, 15) is 4.79 Å². The van der Waals surface area contributed by atoms with Gasteiger partial charge in [-0.3, -0.25) is 4.79 Å². The molecule has 1 aliphatic rings. The SMILES string of the molecule is C=CCSc1ccccc1C(=O)N[C@H](C)c1ccc(N2CCC[C@H](C)C2)cc1. The van der Waals surface area contributed by atoms with Crippen LogP contribution in [0.2, 0.25) is 0 Å². The number of nitrogens with one attached hydrogen (secondary N) is 1. The van der Waals surface area contributed by atoms with Crippen molar-refractivity contribution in [2.75, 3.05) is 23.7 Å². The maximum absolute atomic E-state index is 12.8. The molecule has 0 saturated carbocycles. The van der Waals surface area contributed by atoms with Crippen molar-refractivity contribution in [2.24, 2.45) is 5.92 Å². The Balaban J connectivity index is 1.65. The lowest BCUT2D eigenvalue weighted by Crippen LogP contribution is -2.34. The molecule has 0 spiro atoms. The maximum atomic E-state index is 12.8. The number of hydrogen-bond acceptors (Lipinski definition) is 3. The van der Waals surface area contributed by atoms with Crippen molar-refractivity contribution in [1.29, 1.82) is 0 Å². The van der Waals surface area contributed by atoms with E-state index in [0.717, 1.165) is 40.8 Å². The summed E-state index contributed by atoms with van der Waals surface area (Å²) in [4.78, 5) is 16.3. The lowest BCUT2D eigenvalue weighted by molar-refractivity contribution is 0.0937. The van der Waals surface area contributed by atoms with Gasteiger partial charge in [-0.05, 0) is 55.5 Å².